The van der Waals surface area contributed by atoms with Gasteiger partial charge in [-0.15, -0.1) is 0 Å². The second kappa shape index (κ2) is 7.73. The molecule has 136 valence electrons. The van der Waals surface area contributed by atoms with Gasteiger partial charge in [0.1, 0.15) is 6.54 Å². The van der Waals surface area contributed by atoms with Crippen molar-refractivity contribution in [3.05, 3.63) is 42.7 Å². The summed E-state index contributed by atoms with van der Waals surface area (Å²) in [6.07, 6.45) is 3.19. The van der Waals surface area contributed by atoms with Crippen LogP contribution in [0.5, 0.6) is 11.5 Å². The SMILES string of the molecule is COc1ccc(N2CCN(CC(=O)Nc3ccncc3)C2=O)cc1OC. The molecular weight excluding hydrogens is 336 g/mol. The van der Waals surface area contributed by atoms with Gasteiger partial charge in [-0.05, 0) is 24.3 Å². The fraction of sp³-hybridized carbons (Fsp3) is 0.278. The van der Waals surface area contributed by atoms with Gasteiger partial charge >= 0.3 is 6.03 Å². The lowest BCUT2D eigenvalue weighted by Gasteiger charge is -2.19. The fourth-order valence-electron chi connectivity index (χ4n) is 2.77. The zero-order valence-electron chi connectivity index (χ0n) is 14.6. The molecule has 1 saturated heterocycles. The summed E-state index contributed by atoms with van der Waals surface area (Å²) in [5.74, 6) is 0.891. The van der Waals surface area contributed by atoms with E-state index in [9.17, 15) is 9.59 Å². The average Bonchev–Trinajstić information content (AvgIpc) is 3.02. The van der Waals surface area contributed by atoms with Crippen LogP contribution in [-0.4, -0.2) is 55.7 Å². The predicted molar refractivity (Wildman–Crippen MR) is 96.7 cm³/mol. The maximum Gasteiger partial charge on any atom is 0.325 e. The van der Waals surface area contributed by atoms with Crippen molar-refractivity contribution < 1.29 is 19.1 Å². The Balaban J connectivity index is 1.65. The molecule has 26 heavy (non-hydrogen) atoms. The lowest BCUT2D eigenvalue weighted by atomic mass is 10.2. The predicted octanol–water partition coefficient (Wildman–Crippen LogP) is 1.98. The highest BCUT2D eigenvalue weighted by Crippen LogP contribution is 2.32. The van der Waals surface area contributed by atoms with Gasteiger partial charge in [0, 0.05) is 42.9 Å². The molecule has 2 heterocycles. The van der Waals surface area contributed by atoms with E-state index >= 15 is 0 Å². The third-order valence-electron chi connectivity index (χ3n) is 4.07. The van der Waals surface area contributed by atoms with Crippen molar-refractivity contribution in [1.82, 2.24) is 9.88 Å². The third-order valence-corrected chi connectivity index (χ3v) is 4.07. The van der Waals surface area contributed by atoms with Crippen LogP contribution in [0, 0.1) is 0 Å². The van der Waals surface area contributed by atoms with Gasteiger partial charge in [0.05, 0.1) is 14.2 Å². The Labute approximate surface area is 151 Å². The van der Waals surface area contributed by atoms with Gasteiger partial charge in [-0.25, -0.2) is 4.79 Å². The molecule has 3 amide bonds. The van der Waals surface area contributed by atoms with E-state index in [0.29, 0.717) is 36.0 Å². The largest absolute Gasteiger partial charge is 0.493 e. The van der Waals surface area contributed by atoms with E-state index in [0.717, 1.165) is 0 Å². The Hall–Kier alpha value is -3.29. The molecule has 3 rings (SSSR count). The first kappa shape index (κ1) is 17.5. The number of hydrogen-bond acceptors (Lipinski definition) is 5. The topological polar surface area (TPSA) is 84.0 Å². The Kier molecular flexibility index (Phi) is 5.21. The Morgan fingerprint density at radius 3 is 2.54 bits per heavy atom. The quantitative estimate of drug-likeness (QED) is 0.856. The fourth-order valence-corrected chi connectivity index (χ4v) is 2.77. The molecule has 1 N–H and O–H groups in total. The van der Waals surface area contributed by atoms with E-state index in [-0.39, 0.29) is 18.5 Å². The van der Waals surface area contributed by atoms with Gasteiger partial charge in [0.2, 0.25) is 5.91 Å². The van der Waals surface area contributed by atoms with E-state index in [1.54, 1.807) is 61.8 Å². The van der Waals surface area contributed by atoms with Crippen molar-refractivity contribution in [2.24, 2.45) is 0 Å². The Morgan fingerprint density at radius 2 is 1.85 bits per heavy atom. The highest BCUT2D eigenvalue weighted by molar-refractivity contribution is 5.99. The number of amides is 3. The number of carbonyl (C=O) groups excluding carboxylic acids is 2. The number of methoxy groups -OCH3 is 2. The molecule has 0 aliphatic carbocycles. The summed E-state index contributed by atoms with van der Waals surface area (Å²) in [5.41, 5.74) is 1.35. The maximum atomic E-state index is 12.6. The lowest BCUT2D eigenvalue weighted by Crippen LogP contribution is -2.37. The maximum absolute atomic E-state index is 12.6. The summed E-state index contributed by atoms with van der Waals surface area (Å²) in [6.45, 7) is 0.957. The molecule has 1 aliphatic heterocycles. The van der Waals surface area contributed by atoms with Crippen molar-refractivity contribution in [3.8, 4) is 11.5 Å². The van der Waals surface area contributed by atoms with Gasteiger partial charge in [0.15, 0.2) is 11.5 Å². The number of rotatable bonds is 6. The van der Waals surface area contributed by atoms with Crippen LogP contribution in [-0.2, 0) is 4.79 Å². The molecule has 1 aromatic carbocycles. The monoisotopic (exact) mass is 356 g/mol. The van der Waals surface area contributed by atoms with Gasteiger partial charge in [-0.2, -0.15) is 0 Å². The smallest absolute Gasteiger partial charge is 0.325 e. The van der Waals surface area contributed by atoms with Crippen molar-refractivity contribution in [2.75, 3.05) is 44.1 Å². The zero-order chi connectivity index (χ0) is 18.5. The molecule has 0 saturated carbocycles. The number of aromatic nitrogens is 1. The van der Waals surface area contributed by atoms with Gasteiger partial charge in [0.25, 0.3) is 0 Å². The Morgan fingerprint density at radius 1 is 1.12 bits per heavy atom. The minimum atomic E-state index is -0.251. The van der Waals surface area contributed by atoms with Crippen molar-refractivity contribution in [3.63, 3.8) is 0 Å². The molecular formula is C18H20N4O4. The number of ether oxygens (including phenoxy) is 2. The first-order chi connectivity index (χ1) is 12.6. The Bertz CT molecular complexity index is 797. The number of pyridine rings is 1. The average molecular weight is 356 g/mol. The van der Waals surface area contributed by atoms with Crippen LogP contribution in [0.15, 0.2) is 42.7 Å². The summed E-state index contributed by atoms with van der Waals surface area (Å²) in [4.78, 5) is 31.8. The van der Waals surface area contributed by atoms with Crippen LogP contribution >= 0.6 is 0 Å². The second-order valence-corrected chi connectivity index (χ2v) is 5.68. The summed E-state index contributed by atoms with van der Waals surface area (Å²) < 4.78 is 10.5. The van der Waals surface area contributed by atoms with Gasteiger partial charge in [-0.1, -0.05) is 0 Å². The van der Waals surface area contributed by atoms with E-state index in [1.165, 1.54) is 4.90 Å². The minimum absolute atomic E-state index is 0.00898. The summed E-state index contributed by atoms with van der Waals surface area (Å²) in [5, 5.41) is 2.75. The normalized spacial score (nSPS) is 13.7. The van der Waals surface area contributed by atoms with Crippen LogP contribution in [0.3, 0.4) is 0 Å². The van der Waals surface area contributed by atoms with E-state index in [4.69, 9.17) is 9.47 Å². The number of anilines is 2. The molecule has 8 heteroatoms. The second-order valence-electron chi connectivity index (χ2n) is 5.68. The van der Waals surface area contributed by atoms with Crippen molar-refractivity contribution in [1.29, 1.82) is 0 Å². The van der Waals surface area contributed by atoms with Crippen molar-refractivity contribution in [2.45, 2.75) is 0 Å². The molecule has 0 spiro atoms. The van der Waals surface area contributed by atoms with E-state index in [2.05, 4.69) is 10.3 Å². The molecule has 0 radical (unpaired) electrons. The number of carbonyl (C=O) groups is 2. The first-order valence-electron chi connectivity index (χ1n) is 8.10. The summed E-state index contributed by atoms with van der Waals surface area (Å²) >= 11 is 0. The van der Waals surface area contributed by atoms with Crippen molar-refractivity contribution >= 4 is 23.3 Å². The number of benzene rings is 1. The third kappa shape index (κ3) is 3.69. The minimum Gasteiger partial charge on any atom is -0.493 e. The molecule has 1 aromatic heterocycles. The lowest BCUT2D eigenvalue weighted by molar-refractivity contribution is -0.116. The number of hydrogen-bond donors (Lipinski definition) is 1. The molecule has 1 aliphatic rings. The standard InChI is InChI=1S/C18H20N4O4/c1-25-15-4-3-14(11-16(15)26-2)22-10-9-21(18(22)24)12-17(23)20-13-5-7-19-8-6-13/h3-8,11H,9-10,12H2,1-2H3,(H,19,20,23). The van der Waals surface area contributed by atoms with E-state index < -0.39 is 0 Å². The summed E-state index contributed by atoms with van der Waals surface area (Å²) in [6, 6.07) is 8.46. The van der Waals surface area contributed by atoms with Crippen LogP contribution in [0.4, 0.5) is 16.2 Å². The highest BCUT2D eigenvalue weighted by Gasteiger charge is 2.31. The molecule has 0 atom stereocenters. The highest BCUT2D eigenvalue weighted by atomic mass is 16.5. The van der Waals surface area contributed by atoms with Crippen LogP contribution < -0.4 is 19.7 Å². The molecule has 0 unspecified atom stereocenters. The number of nitrogens with one attached hydrogen (secondary N) is 1. The van der Waals surface area contributed by atoms with Gasteiger partial charge < -0.3 is 19.7 Å². The molecule has 8 nitrogen and oxygen atoms in total. The zero-order valence-corrected chi connectivity index (χ0v) is 14.6. The van der Waals surface area contributed by atoms with E-state index in [1.807, 2.05) is 0 Å². The van der Waals surface area contributed by atoms with Gasteiger partial charge in [-0.3, -0.25) is 14.7 Å². The number of nitrogens with zero attached hydrogens (tertiary/aromatic N) is 3. The summed E-state index contributed by atoms with van der Waals surface area (Å²) in [7, 11) is 3.10. The van der Waals surface area contributed by atoms with Crippen LogP contribution in [0.25, 0.3) is 0 Å². The molecule has 0 bridgehead atoms. The molecule has 2 aromatic rings. The van der Waals surface area contributed by atoms with Crippen LogP contribution in [0.1, 0.15) is 0 Å². The first-order valence-corrected chi connectivity index (χ1v) is 8.10. The van der Waals surface area contributed by atoms with Crippen LogP contribution in [0.2, 0.25) is 0 Å². The number of urea groups is 1. The molecule has 1 fully saturated rings.